The second kappa shape index (κ2) is 5.46. The molecule has 0 aliphatic carbocycles. The molecule has 0 fully saturated rings. The van der Waals surface area contributed by atoms with Crippen LogP contribution >= 0.6 is 11.6 Å². The normalized spacial score (nSPS) is 10.5. The zero-order valence-electron chi connectivity index (χ0n) is 11.4. The summed E-state index contributed by atoms with van der Waals surface area (Å²) in [5.41, 5.74) is 5.11. The Hall–Kier alpha value is -1.79. The van der Waals surface area contributed by atoms with Gasteiger partial charge in [-0.25, -0.2) is 0 Å². The summed E-state index contributed by atoms with van der Waals surface area (Å²) in [6.45, 7) is 6.88. The van der Waals surface area contributed by atoms with Crippen LogP contribution in [0.3, 0.4) is 0 Å². The highest BCUT2D eigenvalue weighted by molar-refractivity contribution is 6.31. The molecular weight excluding hydrogens is 258 g/mol. The summed E-state index contributed by atoms with van der Waals surface area (Å²) in [5, 5.41) is 14.0. The fraction of sp³-hybridized carbons (Fsp3) is 0.333. The molecule has 98 valence electrons. The second-order valence-electron chi connectivity index (χ2n) is 4.58. The largest absolute Gasteiger partial charge is 0.265 e. The van der Waals surface area contributed by atoms with Crippen molar-refractivity contribution in [1.82, 2.24) is 9.78 Å². The van der Waals surface area contributed by atoms with Crippen LogP contribution in [0.2, 0.25) is 5.02 Å². The number of rotatable bonds is 3. The number of nitrogens with zero attached hydrogens (tertiary/aromatic N) is 3. The third-order valence-corrected chi connectivity index (χ3v) is 3.74. The van der Waals surface area contributed by atoms with Crippen molar-refractivity contribution in [2.45, 2.75) is 33.7 Å². The number of halogens is 1. The average Bonchev–Trinajstić information content (AvgIpc) is 2.66. The Bertz CT molecular complexity index is 650. The molecule has 1 aromatic heterocycles. The van der Waals surface area contributed by atoms with Crippen LogP contribution in [0.1, 0.15) is 35.0 Å². The highest BCUT2D eigenvalue weighted by atomic mass is 35.5. The van der Waals surface area contributed by atoms with Crippen molar-refractivity contribution >= 4 is 11.6 Å². The van der Waals surface area contributed by atoms with E-state index >= 15 is 0 Å². The minimum Gasteiger partial charge on any atom is -0.265 e. The van der Waals surface area contributed by atoms with Crippen LogP contribution in [-0.2, 0) is 13.0 Å². The molecule has 2 aromatic rings. The fourth-order valence-corrected chi connectivity index (χ4v) is 2.55. The monoisotopic (exact) mass is 273 g/mol. The van der Waals surface area contributed by atoms with Crippen LogP contribution in [0.4, 0.5) is 0 Å². The van der Waals surface area contributed by atoms with Crippen LogP contribution in [0.15, 0.2) is 18.2 Å². The molecule has 0 N–H and O–H groups in total. The van der Waals surface area contributed by atoms with Crippen molar-refractivity contribution in [3.8, 4) is 6.07 Å². The minimum absolute atomic E-state index is 0.580. The summed E-state index contributed by atoms with van der Waals surface area (Å²) < 4.78 is 1.97. The predicted octanol–water partition coefficient (Wildman–Crippen LogP) is 3.64. The Morgan fingerprint density at radius 3 is 2.63 bits per heavy atom. The van der Waals surface area contributed by atoms with E-state index in [1.165, 1.54) is 11.3 Å². The van der Waals surface area contributed by atoms with E-state index in [0.717, 1.165) is 17.7 Å². The lowest BCUT2D eigenvalue weighted by molar-refractivity contribution is 0.658. The summed E-state index contributed by atoms with van der Waals surface area (Å²) in [4.78, 5) is 0. The van der Waals surface area contributed by atoms with E-state index < -0.39 is 0 Å². The molecule has 0 aliphatic heterocycles. The molecule has 19 heavy (non-hydrogen) atoms. The molecule has 0 saturated carbocycles. The topological polar surface area (TPSA) is 41.6 Å². The Morgan fingerprint density at radius 2 is 2.11 bits per heavy atom. The van der Waals surface area contributed by atoms with Gasteiger partial charge in [0.25, 0.3) is 0 Å². The van der Waals surface area contributed by atoms with E-state index in [-0.39, 0.29) is 0 Å². The quantitative estimate of drug-likeness (QED) is 0.857. The Morgan fingerprint density at radius 1 is 1.37 bits per heavy atom. The van der Waals surface area contributed by atoms with Crippen LogP contribution in [0.5, 0.6) is 0 Å². The molecule has 0 unspecified atom stereocenters. The predicted molar refractivity (Wildman–Crippen MR) is 76.3 cm³/mol. The summed E-state index contributed by atoms with van der Waals surface area (Å²) >= 11 is 6.20. The lowest BCUT2D eigenvalue weighted by Crippen LogP contribution is -2.05. The van der Waals surface area contributed by atoms with Crippen LogP contribution in [0, 0.1) is 25.2 Å². The van der Waals surface area contributed by atoms with Crippen LogP contribution < -0.4 is 0 Å². The van der Waals surface area contributed by atoms with Crippen molar-refractivity contribution in [3.63, 3.8) is 0 Å². The van der Waals surface area contributed by atoms with E-state index in [0.29, 0.717) is 17.1 Å². The second-order valence-corrected chi connectivity index (χ2v) is 4.99. The van der Waals surface area contributed by atoms with Crippen molar-refractivity contribution in [1.29, 1.82) is 5.26 Å². The first-order chi connectivity index (χ1) is 9.06. The molecular formula is C15H16ClN3. The molecule has 0 radical (unpaired) electrons. The SMILES string of the molecule is CCc1c(C)nn(Cc2ccc(C#N)cc2Cl)c1C. The molecule has 0 atom stereocenters. The molecule has 3 nitrogen and oxygen atoms in total. The molecule has 4 heteroatoms. The average molecular weight is 274 g/mol. The van der Waals surface area contributed by atoms with Crippen molar-refractivity contribution in [2.24, 2.45) is 0 Å². The number of benzene rings is 1. The van der Waals surface area contributed by atoms with Crippen LogP contribution in [-0.4, -0.2) is 9.78 Å². The van der Waals surface area contributed by atoms with Gasteiger partial charge in [0.05, 0.1) is 23.9 Å². The molecule has 0 spiro atoms. The first kappa shape index (κ1) is 13.6. The molecule has 0 aliphatic rings. The third-order valence-electron chi connectivity index (χ3n) is 3.39. The molecule has 1 heterocycles. The first-order valence-corrected chi connectivity index (χ1v) is 6.66. The third kappa shape index (κ3) is 2.64. The number of hydrogen-bond acceptors (Lipinski definition) is 2. The van der Waals surface area contributed by atoms with E-state index in [9.17, 15) is 0 Å². The number of hydrogen-bond donors (Lipinski definition) is 0. The lowest BCUT2D eigenvalue weighted by Gasteiger charge is -2.07. The van der Waals surface area contributed by atoms with Crippen molar-refractivity contribution in [2.75, 3.05) is 0 Å². The van der Waals surface area contributed by atoms with E-state index in [1.54, 1.807) is 12.1 Å². The standard InChI is InChI=1S/C15H16ClN3/c1-4-14-10(2)18-19(11(14)3)9-13-6-5-12(8-17)7-15(13)16/h5-7H,4,9H2,1-3H3. The van der Waals surface area contributed by atoms with Gasteiger partial charge in [0, 0.05) is 10.7 Å². The molecule has 0 bridgehead atoms. The smallest absolute Gasteiger partial charge is 0.0992 e. The van der Waals surface area contributed by atoms with Gasteiger partial charge in [0.1, 0.15) is 0 Å². The maximum Gasteiger partial charge on any atom is 0.0992 e. The van der Waals surface area contributed by atoms with Gasteiger partial charge in [-0.2, -0.15) is 10.4 Å². The van der Waals surface area contributed by atoms with E-state index in [2.05, 4.69) is 25.0 Å². The molecule has 0 saturated heterocycles. The minimum atomic E-state index is 0.580. The number of aryl methyl sites for hydroxylation is 1. The Kier molecular flexibility index (Phi) is 3.92. The summed E-state index contributed by atoms with van der Waals surface area (Å²) in [5.74, 6) is 0. The van der Waals surface area contributed by atoms with Gasteiger partial charge in [-0.05, 0) is 43.5 Å². The number of nitriles is 1. The van der Waals surface area contributed by atoms with Crippen molar-refractivity contribution < 1.29 is 0 Å². The van der Waals surface area contributed by atoms with E-state index in [4.69, 9.17) is 16.9 Å². The Balaban J connectivity index is 2.34. The first-order valence-electron chi connectivity index (χ1n) is 6.28. The van der Waals surface area contributed by atoms with Crippen LogP contribution in [0.25, 0.3) is 0 Å². The lowest BCUT2D eigenvalue weighted by atomic mass is 10.1. The van der Waals surface area contributed by atoms with Gasteiger partial charge in [0.2, 0.25) is 0 Å². The maximum atomic E-state index is 8.83. The van der Waals surface area contributed by atoms with E-state index in [1.807, 2.05) is 17.7 Å². The highest BCUT2D eigenvalue weighted by Gasteiger charge is 2.11. The molecule has 0 amide bonds. The van der Waals surface area contributed by atoms with Crippen molar-refractivity contribution in [3.05, 3.63) is 51.3 Å². The Labute approximate surface area is 118 Å². The van der Waals surface area contributed by atoms with Gasteiger partial charge in [-0.15, -0.1) is 0 Å². The van der Waals surface area contributed by atoms with Gasteiger partial charge in [-0.3, -0.25) is 4.68 Å². The summed E-state index contributed by atoms with van der Waals surface area (Å²) in [7, 11) is 0. The summed E-state index contributed by atoms with van der Waals surface area (Å²) in [6, 6.07) is 7.46. The fourth-order valence-electron chi connectivity index (χ4n) is 2.31. The molecule has 2 rings (SSSR count). The highest BCUT2D eigenvalue weighted by Crippen LogP contribution is 2.21. The molecule has 1 aromatic carbocycles. The zero-order valence-corrected chi connectivity index (χ0v) is 12.1. The van der Waals surface area contributed by atoms with Gasteiger partial charge < -0.3 is 0 Å². The zero-order chi connectivity index (χ0) is 14.0. The van der Waals surface area contributed by atoms with Gasteiger partial charge in [0.15, 0.2) is 0 Å². The van der Waals surface area contributed by atoms with Gasteiger partial charge >= 0.3 is 0 Å². The summed E-state index contributed by atoms with van der Waals surface area (Å²) in [6.07, 6.45) is 0.985. The maximum absolute atomic E-state index is 8.83. The van der Waals surface area contributed by atoms with Gasteiger partial charge in [-0.1, -0.05) is 24.6 Å². The number of aromatic nitrogens is 2.